The highest BCUT2D eigenvalue weighted by Crippen LogP contribution is 2.46. The number of hydrogen-bond donors (Lipinski definition) is 1. The van der Waals surface area contributed by atoms with Crippen LogP contribution in [0.15, 0.2) is 30.3 Å². The Kier molecular flexibility index (Phi) is 6.81. The number of fused-ring (bicyclic) bond motifs is 5. The maximum atomic E-state index is 17.0. The maximum absolute atomic E-state index is 17.0. The molecule has 2 bridgehead atoms. The Bertz CT molecular complexity index is 1900. The van der Waals surface area contributed by atoms with E-state index in [9.17, 15) is 13.9 Å². The molecule has 4 fully saturated rings. The van der Waals surface area contributed by atoms with Gasteiger partial charge in [0.05, 0.1) is 16.1 Å². The van der Waals surface area contributed by atoms with Crippen LogP contribution in [0.5, 0.6) is 11.8 Å². The molecule has 1 saturated carbocycles. The highest BCUT2D eigenvalue weighted by atomic mass is 35.5. The van der Waals surface area contributed by atoms with Gasteiger partial charge in [0.2, 0.25) is 0 Å². The molecule has 0 spiro atoms. The molecular formula is C35H32ClF3N4O2. The van der Waals surface area contributed by atoms with Gasteiger partial charge in [0.15, 0.2) is 5.82 Å². The number of halogens is 4. The van der Waals surface area contributed by atoms with E-state index in [4.69, 9.17) is 27.7 Å². The van der Waals surface area contributed by atoms with Crippen LogP contribution in [0.3, 0.4) is 0 Å². The van der Waals surface area contributed by atoms with Gasteiger partial charge in [-0.2, -0.15) is 9.97 Å². The van der Waals surface area contributed by atoms with Crippen LogP contribution in [0.25, 0.3) is 32.8 Å². The second-order valence-corrected chi connectivity index (χ2v) is 13.7. The number of phenols is 1. The fourth-order valence-electron chi connectivity index (χ4n) is 8.50. The molecule has 8 rings (SSSR count). The minimum absolute atomic E-state index is 0.00181. The Labute approximate surface area is 264 Å². The summed E-state index contributed by atoms with van der Waals surface area (Å²) in [5.41, 5.74) is -0.392. The summed E-state index contributed by atoms with van der Waals surface area (Å²) < 4.78 is 52.6. The van der Waals surface area contributed by atoms with E-state index in [1.807, 2.05) is 0 Å². The molecular weight excluding hydrogens is 601 g/mol. The summed E-state index contributed by atoms with van der Waals surface area (Å²) in [6.45, 7) is 2.98. The number of benzene rings is 3. The third-order valence-electron chi connectivity index (χ3n) is 10.4. The number of ether oxygens (including phenoxy) is 1. The van der Waals surface area contributed by atoms with Crippen molar-refractivity contribution in [3.05, 3.63) is 52.6 Å². The molecule has 4 aliphatic rings. The molecule has 3 saturated heterocycles. The third kappa shape index (κ3) is 4.68. The number of hydrogen-bond acceptors (Lipinski definition) is 6. The van der Waals surface area contributed by atoms with E-state index in [1.54, 1.807) is 6.07 Å². The molecule has 1 aliphatic carbocycles. The number of terminal acetylenes is 1. The molecule has 0 amide bonds. The zero-order chi connectivity index (χ0) is 31.0. The summed E-state index contributed by atoms with van der Waals surface area (Å²) in [5, 5.41) is 11.8. The van der Waals surface area contributed by atoms with Crippen LogP contribution >= 0.6 is 11.6 Å². The Balaban J connectivity index is 1.30. The number of phenolic OH excluding ortho intramolecular Hbond substituents is 1. The van der Waals surface area contributed by atoms with E-state index < -0.39 is 23.3 Å². The fraction of sp³-hybridized carbons (Fsp3) is 0.429. The van der Waals surface area contributed by atoms with E-state index in [0.29, 0.717) is 41.4 Å². The van der Waals surface area contributed by atoms with Gasteiger partial charge in [0, 0.05) is 42.4 Å². The molecule has 1 aromatic heterocycles. The predicted octanol–water partition coefficient (Wildman–Crippen LogP) is 7.26. The first-order valence-corrected chi connectivity index (χ1v) is 16.0. The van der Waals surface area contributed by atoms with Crippen LogP contribution in [0.2, 0.25) is 5.02 Å². The van der Waals surface area contributed by atoms with Crippen molar-refractivity contribution in [2.75, 3.05) is 37.7 Å². The van der Waals surface area contributed by atoms with E-state index in [1.165, 1.54) is 30.7 Å². The number of piperidine rings is 1. The lowest BCUT2D eigenvalue weighted by Crippen LogP contribution is -2.43. The summed E-state index contributed by atoms with van der Waals surface area (Å²) in [5.74, 6) is 2.43. The van der Waals surface area contributed by atoms with Crippen LogP contribution in [-0.4, -0.2) is 64.5 Å². The normalized spacial score (nSPS) is 26.1. The first-order chi connectivity index (χ1) is 21.7. The zero-order valence-electron chi connectivity index (χ0n) is 24.6. The molecule has 4 heterocycles. The van der Waals surface area contributed by atoms with Crippen molar-refractivity contribution in [3.63, 3.8) is 0 Å². The van der Waals surface area contributed by atoms with Gasteiger partial charge in [0.25, 0.3) is 0 Å². The summed E-state index contributed by atoms with van der Waals surface area (Å²) in [7, 11) is 0. The second kappa shape index (κ2) is 10.7. The number of alkyl halides is 1. The SMILES string of the molecule is C#Cc1c(F)ccc2cc(O)cc(-c3c(Cl)cc4c(N5CC6CCC(C6)C5)nc(OC[C@@]56CCCN5C[C@H](F)C6)nc4c3F)c12. The van der Waals surface area contributed by atoms with Gasteiger partial charge in [-0.25, -0.2) is 13.2 Å². The summed E-state index contributed by atoms with van der Waals surface area (Å²) >= 11 is 6.86. The smallest absolute Gasteiger partial charge is 0.319 e. The average molecular weight is 633 g/mol. The number of anilines is 1. The zero-order valence-corrected chi connectivity index (χ0v) is 25.4. The highest BCUT2D eigenvalue weighted by molar-refractivity contribution is 6.35. The van der Waals surface area contributed by atoms with Gasteiger partial charge in [-0.15, -0.1) is 6.42 Å². The van der Waals surface area contributed by atoms with Gasteiger partial charge in [-0.3, -0.25) is 4.90 Å². The van der Waals surface area contributed by atoms with Crippen molar-refractivity contribution in [2.45, 2.75) is 50.2 Å². The second-order valence-electron chi connectivity index (χ2n) is 13.2. The number of aromatic nitrogens is 2. The lowest BCUT2D eigenvalue weighted by Gasteiger charge is -2.34. The topological polar surface area (TPSA) is 61.7 Å². The molecule has 2 unspecified atom stereocenters. The Morgan fingerprint density at radius 3 is 2.69 bits per heavy atom. The van der Waals surface area contributed by atoms with Gasteiger partial charge in [-0.1, -0.05) is 23.6 Å². The van der Waals surface area contributed by atoms with Crippen LogP contribution in [0.1, 0.15) is 44.1 Å². The van der Waals surface area contributed by atoms with Crippen molar-refractivity contribution in [1.82, 2.24) is 14.9 Å². The third-order valence-corrected chi connectivity index (χ3v) is 10.7. The van der Waals surface area contributed by atoms with Crippen LogP contribution in [-0.2, 0) is 0 Å². The van der Waals surface area contributed by atoms with E-state index in [-0.39, 0.29) is 51.0 Å². The lowest BCUT2D eigenvalue weighted by molar-refractivity contribution is 0.107. The number of rotatable bonds is 5. The van der Waals surface area contributed by atoms with Crippen molar-refractivity contribution in [1.29, 1.82) is 0 Å². The number of aromatic hydroxyl groups is 1. The predicted molar refractivity (Wildman–Crippen MR) is 169 cm³/mol. The van der Waals surface area contributed by atoms with Gasteiger partial charge in [0.1, 0.15) is 35.7 Å². The Hall–Kier alpha value is -3.74. The molecule has 232 valence electrons. The lowest BCUT2D eigenvalue weighted by atomic mass is 9.92. The highest BCUT2D eigenvalue weighted by Gasteiger charge is 2.49. The molecule has 10 heteroatoms. The molecule has 1 N–H and O–H groups in total. The Morgan fingerprint density at radius 2 is 1.91 bits per heavy atom. The first-order valence-electron chi connectivity index (χ1n) is 15.6. The van der Waals surface area contributed by atoms with Gasteiger partial charge < -0.3 is 14.7 Å². The van der Waals surface area contributed by atoms with Gasteiger partial charge in [-0.05, 0) is 85.7 Å². The summed E-state index contributed by atoms with van der Waals surface area (Å²) in [4.78, 5) is 13.8. The quantitative estimate of drug-likeness (QED) is 0.234. The van der Waals surface area contributed by atoms with E-state index in [2.05, 4.69) is 20.7 Å². The fourth-order valence-corrected chi connectivity index (χ4v) is 8.80. The largest absolute Gasteiger partial charge is 0.508 e. The van der Waals surface area contributed by atoms with E-state index in [0.717, 1.165) is 45.3 Å². The van der Waals surface area contributed by atoms with Gasteiger partial charge >= 0.3 is 6.01 Å². The summed E-state index contributed by atoms with van der Waals surface area (Å²) in [6.07, 6.45) is 10.4. The van der Waals surface area contributed by atoms with Crippen molar-refractivity contribution < 1.29 is 23.0 Å². The monoisotopic (exact) mass is 632 g/mol. The standard InChI is InChI=1S/C35H32ClF3N4O2/c1-2-24-28(38)7-6-21-11-23(44)12-25(29(21)24)30-27(36)13-26-32(31(30)39)40-34(41-33(26)42-15-19-4-5-20(10-19)16-42)45-18-35-8-3-9-43(35)17-22(37)14-35/h1,6-7,11-13,19-20,22,44H,3-5,8-10,14-18H2/t19?,20?,22-,35+/m1/s1. The van der Waals surface area contributed by atoms with Crippen molar-refractivity contribution in [3.8, 4) is 35.2 Å². The van der Waals surface area contributed by atoms with Crippen LogP contribution in [0.4, 0.5) is 19.0 Å². The molecule has 4 atom stereocenters. The summed E-state index contributed by atoms with van der Waals surface area (Å²) in [6, 6.07) is 7.13. The van der Waals surface area contributed by atoms with Crippen LogP contribution < -0.4 is 9.64 Å². The van der Waals surface area contributed by atoms with Crippen molar-refractivity contribution in [2.24, 2.45) is 11.8 Å². The maximum Gasteiger partial charge on any atom is 0.319 e. The average Bonchev–Trinajstić information content (AvgIpc) is 3.66. The minimum atomic E-state index is -0.914. The Morgan fingerprint density at radius 1 is 1.11 bits per heavy atom. The molecule has 3 aromatic carbocycles. The molecule has 45 heavy (non-hydrogen) atoms. The molecule has 0 radical (unpaired) electrons. The number of nitrogens with zero attached hydrogens (tertiary/aromatic N) is 4. The van der Waals surface area contributed by atoms with E-state index >= 15 is 4.39 Å². The van der Waals surface area contributed by atoms with Crippen LogP contribution in [0, 0.1) is 35.8 Å². The molecule has 6 nitrogen and oxygen atoms in total. The van der Waals surface area contributed by atoms with Crippen molar-refractivity contribution >= 4 is 39.1 Å². The minimum Gasteiger partial charge on any atom is -0.508 e. The molecule has 3 aliphatic heterocycles. The first kappa shape index (κ1) is 28.7. The molecule has 4 aromatic rings.